The molecule has 3 rings (SSSR count). The van der Waals surface area contributed by atoms with E-state index in [4.69, 9.17) is 26.2 Å². The highest BCUT2D eigenvalue weighted by Crippen LogP contribution is 2.37. The van der Waals surface area contributed by atoms with Gasteiger partial charge in [0.05, 0.1) is 26.4 Å². The van der Waals surface area contributed by atoms with E-state index in [1.165, 1.54) is 5.56 Å². The van der Waals surface area contributed by atoms with E-state index < -0.39 is 49.8 Å². The molecule has 1 fully saturated rings. The Morgan fingerprint density at radius 3 is 2.26 bits per heavy atom. The maximum Gasteiger partial charge on any atom is 0.113 e. The van der Waals surface area contributed by atoms with E-state index in [0.29, 0.717) is 22.6 Å². The van der Waals surface area contributed by atoms with E-state index in [1.54, 1.807) is 12.1 Å². The van der Waals surface area contributed by atoms with Crippen LogP contribution in [0.1, 0.15) is 40.8 Å². The number of halogens is 1. The first-order valence-corrected chi connectivity index (χ1v) is 11.7. The summed E-state index contributed by atoms with van der Waals surface area (Å²) >= 11 is 6.58. The van der Waals surface area contributed by atoms with Crippen molar-refractivity contribution in [2.45, 2.75) is 63.0 Å². The Bertz CT molecular complexity index is 920. The van der Waals surface area contributed by atoms with Gasteiger partial charge >= 0.3 is 0 Å². The molecule has 1 heterocycles. The van der Waals surface area contributed by atoms with Crippen molar-refractivity contribution < 1.29 is 40.1 Å². The van der Waals surface area contributed by atoms with Crippen molar-refractivity contribution in [2.75, 3.05) is 19.8 Å². The first-order chi connectivity index (χ1) is 16.3. The standard InChI is InChI=1S/C25H33ClO8/c1-2-14-3-5-15(6-4-14)7-16-8-19(17(9-20(16)26)12-33-13-18(29)10-27)25-24(32)23(31)22(30)21(11-28)34-25/h3-6,8-9,18,21-25,27-32H,2,7,10-13H2,1H3/t18?,21-,22+,23+,24-,25-/m1/s1. The highest BCUT2D eigenvalue weighted by molar-refractivity contribution is 6.31. The van der Waals surface area contributed by atoms with Crippen LogP contribution < -0.4 is 0 Å². The molecule has 1 aliphatic rings. The van der Waals surface area contributed by atoms with Gasteiger partial charge < -0.3 is 40.1 Å². The van der Waals surface area contributed by atoms with Crippen molar-refractivity contribution in [3.05, 3.63) is 69.2 Å². The van der Waals surface area contributed by atoms with Crippen molar-refractivity contribution >= 4 is 11.6 Å². The molecule has 0 bridgehead atoms. The molecule has 0 amide bonds. The first-order valence-electron chi connectivity index (χ1n) is 11.3. The third-order valence-electron chi connectivity index (χ3n) is 6.11. The highest BCUT2D eigenvalue weighted by atomic mass is 35.5. The minimum atomic E-state index is -1.53. The Balaban J connectivity index is 1.95. The lowest BCUT2D eigenvalue weighted by molar-refractivity contribution is -0.232. The Labute approximate surface area is 204 Å². The molecular weight excluding hydrogens is 464 g/mol. The van der Waals surface area contributed by atoms with Crippen LogP contribution in [-0.4, -0.2) is 81.0 Å². The van der Waals surface area contributed by atoms with Crippen LogP contribution in [0, 0.1) is 0 Å². The molecule has 1 aliphatic heterocycles. The summed E-state index contributed by atoms with van der Waals surface area (Å²) in [6, 6.07) is 11.6. The molecule has 8 nitrogen and oxygen atoms in total. The van der Waals surface area contributed by atoms with Crippen LogP contribution in [0.25, 0.3) is 0 Å². The summed E-state index contributed by atoms with van der Waals surface area (Å²) in [5, 5.41) is 59.8. The fraction of sp³-hybridized carbons (Fsp3) is 0.520. The number of aliphatic hydroxyl groups is 6. The average Bonchev–Trinajstić information content (AvgIpc) is 2.85. The van der Waals surface area contributed by atoms with Crippen LogP contribution in [0.5, 0.6) is 0 Å². The number of ether oxygens (including phenoxy) is 2. The molecule has 188 valence electrons. The SMILES string of the molecule is CCc1ccc(Cc2cc([C@H]3O[C@H](CO)[C@H](O)[C@H](O)[C@H]3O)c(COCC(O)CO)cc2Cl)cc1. The Morgan fingerprint density at radius 1 is 0.971 bits per heavy atom. The summed E-state index contributed by atoms with van der Waals surface area (Å²) in [7, 11) is 0. The van der Waals surface area contributed by atoms with Crippen LogP contribution in [0.3, 0.4) is 0 Å². The summed E-state index contributed by atoms with van der Waals surface area (Å²) < 4.78 is 11.3. The van der Waals surface area contributed by atoms with E-state index in [9.17, 15) is 25.5 Å². The molecule has 0 spiro atoms. The summed E-state index contributed by atoms with van der Waals surface area (Å²) in [5.41, 5.74) is 4.05. The lowest BCUT2D eigenvalue weighted by atomic mass is 9.87. The van der Waals surface area contributed by atoms with Crippen LogP contribution in [0.15, 0.2) is 36.4 Å². The number of aryl methyl sites for hydroxylation is 1. The van der Waals surface area contributed by atoms with Crippen LogP contribution >= 0.6 is 11.6 Å². The molecule has 0 saturated carbocycles. The predicted octanol–water partition coefficient (Wildman–Crippen LogP) is 0.878. The number of aliphatic hydroxyl groups excluding tert-OH is 6. The normalized spacial score (nSPS) is 25.9. The molecule has 34 heavy (non-hydrogen) atoms. The third-order valence-corrected chi connectivity index (χ3v) is 6.46. The Hall–Kier alpha value is -1.59. The fourth-order valence-electron chi connectivity index (χ4n) is 4.03. The van der Waals surface area contributed by atoms with Gasteiger partial charge in [-0.1, -0.05) is 48.9 Å². The summed E-state index contributed by atoms with van der Waals surface area (Å²) in [5.74, 6) is 0. The van der Waals surface area contributed by atoms with Gasteiger partial charge in [0.25, 0.3) is 0 Å². The number of rotatable bonds is 10. The van der Waals surface area contributed by atoms with Crippen molar-refractivity contribution in [2.24, 2.45) is 0 Å². The van der Waals surface area contributed by atoms with Crippen LogP contribution in [0.4, 0.5) is 0 Å². The summed E-state index contributed by atoms with van der Waals surface area (Å²) in [4.78, 5) is 0. The van der Waals surface area contributed by atoms with Crippen molar-refractivity contribution in [1.82, 2.24) is 0 Å². The molecule has 0 aromatic heterocycles. The maximum atomic E-state index is 10.7. The van der Waals surface area contributed by atoms with Gasteiger partial charge in [0.1, 0.15) is 36.6 Å². The molecule has 6 N–H and O–H groups in total. The molecule has 0 radical (unpaired) electrons. The fourth-order valence-corrected chi connectivity index (χ4v) is 4.29. The zero-order valence-electron chi connectivity index (χ0n) is 19.0. The topological polar surface area (TPSA) is 140 Å². The second kappa shape index (κ2) is 12.4. The number of hydrogen-bond acceptors (Lipinski definition) is 8. The molecule has 6 atom stereocenters. The van der Waals surface area contributed by atoms with E-state index >= 15 is 0 Å². The van der Waals surface area contributed by atoms with E-state index in [-0.39, 0.29) is 13.2 Å². The molecule has 1 saturated heterocycles. The second-order valence-electron chi connectivity index (χ2n) is 8.59. The van der Waals surface area contributed by atoms with Gasteiger partial charge in [-0.3, -0.25) is 0 Å². The Kier molecular flexibility index (Phi) is 9.84. The van der Waals surface area contributed by atoms with Crippen molar-refractivity contribution in [3.8, 4) is 0 Å². The molecule has 1 unspecified atom stereocenters. The molecular formula is C25H33ClO8. The van der Waals surface area contributed by atoms with E-state index in [2.05, 4.69) is 19.1 Å². The smallest absolute Gasteiger partial charge is 0.113 e. The van der Waals surface area contributed by atoms with Gasteiger partial charge in [-0.2, -0.15) is 0 Å². The lowest BCUT2D eigenvalue weighted by Crippen LogP contribution is -2.55. The van der Waals surface area contributed by atoms with Crippen molar-refractivity contribution in [3.63, 3.8) is 0 Å². The number of hydrogen-bond donors (Lipinski definition) is 6. The van der Waals surface area contributed by atoms with Gasteiger partial charge in [-0.25, -0.2) is 0 Å². The van der Waals surface area contributed by atoms with Gasteiger partial charge in [-0.15, -0.1) is 0 Å². The minimum absolute atomic E-state index is 0.00733. The van der Waals surface area contributed by atoms with Gasteiger partial charge in [0.2, 0.25) is 0 Å². The average molecular weight is 497 g/mol. The van der Waals surface area contributed by atoms with Gasteiger partial charge in [0, 0.05) is 5.02 Å². The van der Waals surface area contributed by atoms with Crippen molar-refractivity contribution in [1.29, 1.82) is 0 Å². The molecule has 9 heteroatoms. The van der Waals surface area contributed by atoms with Gasteiger partial charge in [-0.05, 0) is 46.7 Å². The molecule has 2 aromatic rings. The highest BCUT2D eigenvalue weighted by Gasteiger charge is 2.44. The lowest BCUT2D eigenvalue weighted by Gasteiger charge is -2.41. The van der Waals surface area contributed by atoms with E-state index in [0.717, 1.165) is 17.5 Å². The maximum absolute atomic E-state index is 10.7. The monoisotopic (exact) mass is 496 g/mol. The molecule has 0 aliphatic carbocycles. The summed E-state index contributed by atoms with van der Waals surface area (Å²) in [6.07, 6.45) is -6.18. The first kappa shape index (κ1) is 27.0. The zero-order chi connectivity index (χ0) is 24.8. The van der Waals surface area contributed by atoms with E-state index in [1.807, 2.05) is 12.1 Å². The van der Waals surface area contributed by atoms with Gasteiger partial charge in [0.15, 0.2) is 0 Å². The van der Waals surface area contributed by atoms with Crippen LogP contribution in [-0.2, 0) is 28.9 Å². The minimum Gasteiger partial charge on any atom is -0.394 e. The third kappa shape index (κ3) is 6.34. The zero-order valence-corrected chi connectivity index (χ0v) is 19.8. The number of benzene rings is 2. The summed E-state index contributed by atoms with van der Waals surface area (Å²) in [6.45, 7) is 0.968. The second-order valence-corrected chi connectivity index (χ2v) is 9.00. The quantitative estimate of drug-likeness (QED) is 0.285. The Morgan fingerprint density at radius 2 is 1.65 bits per heavy atom. The predicted molar refractivity (Wildman–Crippen MR) is 126 cm³/mol. The van der Waals surface area contributed by atoms with Crippen LogP contribution in [0.2, 0.25) is 5.02 Å². The largest absolute Gasteiger partial charge is 0.394 e. The molecule has 2 aromatic carbocycles.